The smallest absolute Gasteiger partial charge is 0.149 e. The highest BCUT2D eigenvalue weighted by Gasteiger charge is 2.25. The molecule has 0 amide bonds. The predicted octanol–water partition coefficient (Wildman–Crippen LogP) is 2.67. The van der Waals surface area contributed by atoms with Crippen LogP contribution in [0, 0.1) is 4.64 Å². The topological polar surface area (TPSA) is 28.7 Å². The Morgan fingerprint density at radius 1 is 1.64 bits per heavy atom. The van der Waals surface area contributed by atoms with Crippen LogP contribution < -0.4 is 0 Å². The molecule has 1 aromatic rings. The molecule has 1 aliphatic rings. The van der Waals surface area contributed by atoms with Crippen molar-refractivity contribution in [2.45, 2.75) is 18.8 Å². The molecule has 0 spiro atoms. The van der Waals surface area contributed by atoms with Gasteiger partial charge in [0.1, 0.15) is 9.79 Å². The summed E-state index contributed by atoms with van der Waals surface area (Å²) in [4.78, 5) is 0. The second-order valence-corrected chi connectivity index (χ2v) is 3.54. The summed E-state index contributed by atoms with van der Waals surface area (Å²) in [5, 5.41) is 7.01. The lowest BCUT2D eigenvalue weighted by Gasteiger charge is -1.96. The Morgan fingerprint density at radius 2 is 2.36 bits per heavy atom. The number of nitrogens with zero attached hydrogens (tertiary/aromatic N) is 1. The first-order valence-electron chi connectivity index (χ1n) is 3.52. The van der Waals surface area contributed by atoms with Crippen LogP contribution in [-0.4, -0.2) is 10.2 Å². The summed E-state index contributed by atoms with van der Waals surface area (Å²) in [6.07, 6.45) is 2.47. The molecule has 0 unspecified atom stereocenters. The molecule has 0 bridgehead atoms. The van der Waals surface area contributed by atoms with Crippen LogP contribution >= 0.6 is 23.8 Å². The second-order valence-electron chi connectivity index (χ2n) is 2.75. The Hall–Kier alpha value is -0.410. The van der Waals surface area contributed by atoms with Crippen molar-refractivity contribution in [3.63, 3.8) is 0 Å². The molecule has 58 valence electrons. The van der Waals surface area contributed by atoms with Crippen molar-refractivity contribution in [2.75, 3.05) is 0 Å². The summed E-state index contributed by atoms with van der Waals surface area (Å²) in [6, 6.07) is 1.86. The third kappa shape index (κ3) is 1.44. The van der Waals surface area contributed by atoms with E-state index >= 15 is 0 Å². The van der Waals surface area contributed by atoms with E-state index in [-0.39, 0.29) is 0 Å². The molecule has 1 N–H and O–H groups in total. The van der Waals surface area contributed by atoms with Gasteiger partial charge in [-0.3, -0.25) is 5.10 Å². The molecule has 4 heteroatoms. The normalized spacial score (nSPS) is 16.8. The van der Waals surface area contributed by atoms with E-state index in [0.29, 0.717) is 11.1 Å². The molecule has 11 heavy (non-hydrogen) atoms. The van der Waals surface area contributed by atoms with Crippen LogP contribution in [0.15, 0.2) is 6.07 Å². The average Bonchev–Trinajstić information content (AvgIpc) is 2.76. The second kappa shape index (κ2) is 2.57. The SMILES string of the molecule is S=c1[nH]nc(Cl)cc1C1CC1. The molecule has 0 saturated heterocycles. The van der Waals surface area contributed by atoms with Crippen molar-refractivity contribution in [3.05, 3.63) is 21.4 Å². The van der Waals surface area contributed by atoms with E-state index in [0.717, 1.165) is 10.2 Å². The maximum Gasteiger partial charge on any atom is 0.149 e. The maximum atomic E-state index is 5.70. The number of hydrogen-bond acceptors (Lipinski definition) is 2. The molecule has 1 aromatic heterocycles. The number of H-pyrrole nitrogens is 1. The van der Waals surface area contributed by atoms with Crippen LogP contribution in [0.2, 0.25) is 5.15 Å². The van der Waals surface area contributed by atoms with Gasteiger partial charge in [0.2, 0.25) is 0 Å². The first kappa shape index (κ1) is 7.25. The van der Waals surface area contributed by atoms with Crippen molar-refractivity contribution in [3.8, 4) is 0 Å². The van der Waals surface area contributed by atoms with Crippen LogP contribution in [0.3, 0.4) is 0 Å². The highest BCUT2D eigenvalue weighted by atomic mass is 35.5. The Balaban J connectivity index is 2.51. The third-order valence-electron chi connectivity index (χ3n) is 1.82. The summed E-state index contributed by atoms with van der Waals surface area (Å²) in [6.45, 7) is 0. The monoisotopic (exact) mass is 186 g/mol. The van der Waals surface area contributed by atoms with E-state index in [1.165, 1.54) is 12.8 Å². The highest BCUT2D eigenvalue weighted by molar-refractivity contribution is 7.71. The van der Waals surface area contributed by atoms with Gasteiger partial charge in [-0.2, -0.15) is 5.10 Å². The van der Waals surface area contributed by atoms with Gasteiger partial charge in [-0.15, -0.1) is 0 Å². The summed E-state index contributed by atoms with van der Waals surface area (Å²) < 4.78 is 0.733. The number of halogens is 1. The minimum atomic E-state index is 0.500. The first-order valence-corrected chi connectivity index (χ1v) is 4.31. The van der Waals surface area contributed by atoms with Gasteiger partial charge in [-0.05, 0) is 30.4 Å². The van der Waals surface area contributed by atoms with E-state index in [2.05, 4.69) is 10.2 Å². The number of aromatic amines is 1. The van der Waals surface area contributed by atoms with E-state index in [9.17, 15) is 0 Å². The largest absolute Gasteiger partial charge is 0.266 e. The van der Waals surface area contributed by atoms with Gasteiger partial charge in [0.25, 0.3) is 0 Å². The van der Waals surface area contributed by atoms with Crippen molar-refractivity contribution in [2.24, 2.45) is 0 Å². The Kier molecular flexibility index (Phi) is 1.69. The number of rotatable bonds is 1. The molecule has 1 saturated carbocycles. The number of aromatic nitrogens is 2. The summed E-state index contributed by atoms with van der Waals surface area (Å²) in [5.41, 5.74) is 1.15. The van der Waals surface area contributed by atoms with Gasteiger partial charge in [-0.25, -0.2) is 0 Å². The molecule has 2 nitrogen and oxygen atoms in total. The van der Waals surface area contributed by atoms with Crippen molar-refractivity contribution in [1.29, 1.82) is 0 Å². The molecule has 0 radical (unpaired) electrons. The zero-order valence-electron chi connectivity index (χ0n) is 5.80. The number of nitrogens with one attached hydrogen (secondary N) is 1. The first-order chi connectivity index (χ1) is 5.27. The van der Waals surface area contributed by atoms with Gasteiger partial charge >= 0.3 is 0 Å². The maximum absolute atomic E-state index is 5.70. The van der Waals surface area contributed by atoms with Crippen LogP contribution in [0.4, 0.5) is 0 Å². The van der Waals surface area contributed by atoms with Crippen LogP contribution in [-0.2, 0) is 0 Å². The fourth-order valence-corrected chi connectivity index (χ4v) is 1.52. The minimum absolute atomic E-state index is 0.500. The van der Waals surface area contributed by atoms with Gasteiger partial charge in [0.05, 0.1) is 0 Å². The molecule has 0 aliphatic heterocycles. The fourth-order valence-electron chi connectivity index (χ4n) is 1.09. The quantitative estimate of drug-likeness (QED) is 0.684. The van der Waals surface area contributed by atoms with Crippen LogP contribution in [0.25, 0.3) is 0 Å². The molecule has 1 aliphatic carbocycles. The van der Waals surface area contributed by atoms with Gasteiger partial charge < -0.3 is 0 Å². The molecular formula is C7H7ClN2S. The molecule has 0 aromatic carbocycles. The van der Waals surface area contributed by atoms with Crippen LogP contribution in [0.5, 0.6) is 0 Å². The van der Waals surface area contributed by atoms with Crippen molar-refractivity contribution >= 4 is 23.8 Å². The lowest BCUT2D eigenvalue weighted by Crippen LogP contribution is -1.88. The molecule has 1 fully saturated rings. The average molecular weight is 187 g/mol. The Morgan fingerprint density at radius 3 is 3.00 bits per heavy atom. The molecule has 0 atom stereocenters. The number of hydrogen-bond donors (Lipinski definition) is 1. The lowest BCUT2D eigenvalue weighted by atomic mass is 10.2. The van der Waals surface area contributed by atoms with Crippen LogP contribution in [0.1, 0.15) is 24.3 Å². The van der Waals surface area contributed by atoms with E-state index in [4.69, 9.17) is 23.8 Å². The lowest BCUT2D eigenvalue weighted by molar-refractivity contribution is 0.962. The standard InChI is InChI=1S/C7H7ClN2S/c8-6-3-5(4-1-2-4)7(11)10-9-6/h3-4H,1-2H2,(H,10,11). The third-order valence-corrected chi connectivity index (χ3v) is 2.34. The van der Waals surface area contributed by atoms with E-state index in [1.807, 2.05) is 6.07 Å². The van der Waals surface area contributed by atoms with Gasteiger partial charge in [-0.1, -0.05) is 23.8 Å². The summed E-state index contributed by atoms with van der Waals surface area (Å²) in [5.74, 6) is 0.638. The summed E-state index contributed by atoms with van der Waals surface area (Å²) >= 11 is 10.8. The zero-order chi connectivity index (χ0) is 7.84. The highest BCUT2D eigenvalue weighted by Crippen LogP contribution is 2.40. The minimum Gasteiger partial charge on any atom is -0.266 e. The van der Waals surface area contributed by atoms with Gasteiger partial charge in [0, 0.05) is 0 Å². The zero-order valence-corrected chi connectivity index (χ0v) is 7.37. The van der Waals surface area contributed by atoms with Gasteiger partial charge in [0.15, 0.2) is 0 Å². The van der Waals surface area contributed by atoms with Crippen molar-refractivity contribution < 1.29 is 0 Å². The molecular weight excluding hydrogens is 180 g/mol. The molecule has 1 heterocycles. The Bertz CT molecular complexity index is 329. The van der Waals surface area contributed by atoms with E-state index < -0.39 is 0 Å². The van der Waals surface area contributed by atoms with E-state index in [1.54, 1.807) is 0 Å². The van der Waals surface area contributed by atoms with Crippen molar-refractivity contribution in [1.82, 2.24) is 10.2 Å². The predicted molar refractivity (Wildman–Crippen MR) is 46.4 cm³/mol. The molecule has 2 rings (SSSR count). The fraction of sp³-hybridized carbons (Fsp3) is 0.429. The Labute approximate surface area is 74.6 Å². The summed E-state index contributed by atoms with van der Waals surface area (Å²) in [7, 11) is 0.